The van der Waals surface area contributed by atoms with Gasteiger partial charge in [0.25, 0.3) is 5.91 Å². The van der Waals surface area contributed by atoms with E-state index in [2.05, 4.69) is 10.4 Å². The molecule has 2 rings (SSSR count). The van der Waals surface area contributed by atoms with Gasteiger partial charge in [0, 0.05) is 12.5 Å². The number of hydrogen-bond acceptors (Lipinski definition) is 4. The monoisotopic (exact) mass is 305 g/mol. The lowest BCUT2D eigenvalue weighted by atomic mass is 9.87. The van der Waals surface area contributed by atoms with E-state index in [9.17, 15) is 9.59 Å². The number of carbonyl (C=O) groups is 2. The van der Waals surface area contributed by atoms with Gasteiger partial charge in [-0.1, -0.05) is 20.8 Å². The Morgan fingerprint density at radius 3 is 2.52 bits per heavy atom. The first-order valence-corrected chi connectivity index (χ1v) is 7.52. The molecule has 0 saturated carbocycles. The molecule has 0 bridgehead atoms. The predicted octanol–water partition coefficient (Wildman–Crippen LogP) is 3.27. The summed E-state index contributed by atoms with van der Waals surface area (Å²) in [6.07, 6.45) is 0. The molecule has 0 radical (unpaired) electrons. The summed E-state index contributed by atoms with van der Waals surface area (Å²) in [4.78, 5) is 24.7. The summed E-state index contributed by atoms with van der Waals surface area (Å²) in [5.41, 5.74) is 1.32. The number of aryl methyl sites for hydroxylation is 2. The first-order valence-electron chi connectivity index (χ1n) is 6.64. The summed E-state index contributed by atoms with van der Waals surface area (Å²) in [5, 5.41) is 9.35. The highest BCUT2D eigenvalue weighted by atomic mass is 32.1. The van der Waals surface area contributed by atoms with Crippen molar-refractivity contribution in [1.82, 2.24) is 9.78 Å². The molecule has 0 atom stereocenters. The average Bonchev–Trinajstić information content (AvgIpc) is 2.93. The van der Waals surface area contributed by atoms with Crippen LogP contribution in [0.1, 0.15) is 47.3 Å². The first kappa shape index (κ1) is 15.4. The fourth-order valence-corrected chi connectivity index (χ4v) is 2.76. The number of amides is 1. The van der Waals surface area contributed by atoms with E-state index in [1.807, 2.05) is 33.1 Å². The van der Waals surface area contributed by atoms with Crippen LogP contribution < -0.4 is 5.32 Å². The third-order valence-corrected chi connectivity index (χ3v) is 3.88. The third-order valence-electron chi connectivity index (χ3n) is 3.05. The molecule has 21 heavy (non-hydrogen) atoms. The van der Waals surface area contributed by atoms with Crippen molar-refractivity contribution in [3.8, 4) is 0 Å². The summed E-state index contributed by atoms with van der Waals surface area (Å²) >= 11 is 1.35. The topological polar surface area (TPSA) is 64.0 Å². The van der Waals surface area contributed by atoms with Crippen molar-refractivity contribution in [2.24, 2.45) is 12.5 Å². The quantitative estimate of drug-likeness (QED) is 0.885. The van der Waals surface area contributed by atoms with Gasteiger partial charge >= 0.3 is 0 Å². The number of carbonyl (C=O) groups excluding carboxylic acids is 2. The molecular formula is C15H19N3O2S. The number of aromatic nitrogens is 2. The Morgan fingerprint density at radius 1 is 1.33 bits per heavy atom. The van der Waals surface area contributed by atoms with Crippen LogP contribution >= 0.6 is 11.3 Å². The second-order valence-corrected chi connectivity index (χ2v) is 6.91. The molecule has 0 aromatic carbocycles. The number of thiophene rings is 1. The zero-order chi connectivity index (χ0) is 15.8. The number of rotatable bonds is 3. The van der Waals surface area contributed by atoms with Gasteiger partial charge in [-0.2, -0.15) is 5.10 Å². The third kappa shape index (κ3) is 3.21. The molecule has 0 aliphatic rings. The van der Waals surface area contributed by atoms with Crippen LogP contribution in [0.5, 0.6) is 0 Å². The molecule has 5 nitrogen and oxygen atoms in total. The predicted molar refractivity (Wildman–Crippen MR) is 84.0 cm³/mol. The Balaban J connectivity index is 2.26. The maximum Gasteiger partial charge on any atom is 0.274 e. The van der Waals surface area contributed by atoms with Crippen LogP contribution in [-0.2, 0) is 7.05 Å². The van der Waals surface area contributed by atoms with Crippen LogP contribution in [0, 0.1) is 12.3 Å². The van der Waals surface area contributed by atoms with Gasteiger partial charge in [-0.15, -0.1) is 11.3 Å². The van der Waals surface area contributed by atoms with Gasteiger partial charge in [0.15, 0.2) is 5.78 Å². The molecule has 2 aromatic rings. The average molecular weight is 305 g/mol. The fraction of sp³-hybridized carbons (Fsp3) is 0.400. The molecule has 0 unspecified atom stereocenters. The molecule has 0 aliphatic carbocycles. The van der Waals surface area contributed by atoms with Crippen LogP contribution in [0.3, 0.4) is 0 Å². The lowest BCUT2D eigenvalue weighted by Gasteiger charge is -2.16. The van der Waals surface area contributed by atoms with Crippen molar-refractivity contribution in [1.29, 1.82) is 0 Å². The minimum atomic E-state index is -0.482. The van der Waals surface area contributed by atoms with Gasteiger partial charge in [0.2, 0.25) is 0 Å². The SMILES string of the molecule is Cc1cc(C(=O)Nc2sccc2C(=O)C(C)(C)C)n(C)n1. The van der Waals surface area contributed by atoms with Gasteiger partial charge in [0.05, 0.1) is 11.3 Å². The molecule has 0 saturated heterocycles. The largest absolute Gasteiger partial charge is 0.312 e. The normalized spacial score (nSPS) is 11.5. The highest BCUT2D eigenvalue weighted by Crippen LogP contribution is 2.30. The van der Waals surface area contributed by atoms with E-state index in [4.69, 9.17) is 0 Å². The van der Waals surface area contributed by atoms with Crippen molar-refractivity contribution in [3.63, 3.8) is 0 Å². The van der Waals surface area contributed by atoms with E-state index < -0.39 is 5.41 Å². The molecular weight excluding hydrogens is 286 g/mol. The molecule has 0 aliphatic heterocycles. The zero-order valence-electron chi connectivity index (χ0n) is 12.9. The fourth-order valence-electron chi connectivity index (χ4n) is 1.98. The van der Waals surface area contributed by atoms with Crippen LogP contribution in [0.25, 0.3) is 0 Å². The summed E-state index contributed by atoms with van der Waals surface area (Å²) in [6, 6.07) is 3.47. The van der Waals surface area contributed by atoms with E-state index >= 15 is 0 Å². The highest BCUT2D eigenvalue weighted by molar-refractivity contribution is 7.14. The van der Waals surface area contributed by atoms with Gasteiger partial charge in [-0.25, -0.2) is 0 Å². The highest BCUT2D eigenvalue weighted by Gasteiger charge is 2.26. The van der Waals surface area contributed by atoms with Crippen LogP contribution in [0.15, 0.2) is 17.5 Å². The van der Waals surface area contributed by atoms with Crippen LogP contribution in [0.2, 0.25) is 0 Å². The first-order chi connectivity index (χ1) is 9.70. The number of Topliss-reactive ketones (excluding diaryl/α,β-unsaturated/α-hetero) is 1. The van der Waals surface area contributed by atoms with Crippen LogP contribution in [-0.4, -0.2) is 21.5 Å². The number of hydrogen-bond donors (Lipinski definition) is 1. The molecule has 0 spiro atoms. The van der Waals surface area contributed by atoms with E-state index in [0.29, 0.717) is 16.3 Å². The van der Waals surface area contributed by atoms with Gasteiger partial charge in [-0.3, -0.25) is 14.3 Å². The number of nitrogens with zero attached hydrogens (tertiary/aromatic N) is 2. The lowest BCUT2D eigenvalue weighted by Crippen LogP contribution is -2.22. The molecule has 112 valence electrons. The van der Waals surface area contributed by atoms with Crippen molar-refractivity contribution in [3.05, 3.63) is 34.5 Å². The Hall–Kier alpha value is -1.95. The smallest absolute Gasteiger partial charge is 0.274 e. The summed E-state index contributed by atoms with van der Waals surface area (Å²) in [7, 11) is 1.72. The van der Waals surface area contributed by atoms with Crippen molar-refractivity contribution in [2.45, 2.75) is 27.7 Å². The van der Waals surface area contributed by atoms with E-state index in [1.54, 1.807) is 19.2 Å². The Bertz CT molecular complexity index is 692. The minimum Gasteiger partial charge on any atom is -0.312 e. The maximum absolute atomic E-state index is 12.4. The number of anilines is 1. The second-order valence-electron chi connectivity index (χ2n) is 5.99. The Morgan fingerprint density at radius 2 is 2.00 bits per heavy atom. The van der Waals surface area contributed by atoms with Crippen LogP contribution in [0.4, 0.5) is 5.00 Å². The summed E-state index contributed by atoms with van der Waals surface area (Å²) < 4.78 is 1.53. The lowest BCUT2D eigenvalue weighted by molar-refractivity contribution is 0.0859. The zero-order valence-corrected chi connectivity index (χ0v) is 13.7. The molecule has 1 amide bonds. The number of nitrogens with one attached hydrogen (secondary N) is 1. The minimum absolute atomic E-state index is 0.0141. The van der Waals surface area contributed by atoms with Crippen molar-refractivity contribution >= 4 is 28.0 Å². The molecule has 0 fully saturated rings. The van der Waals surface area contributed by atoms with E-state index in [0.717, 1.165) is 5.69 Å². The second kappa shape index (κ2) is 5.44. The molecule has 2 aromatic heterocycles. The van der Waals surface area contributed by atoms with Gasteiger partial charge in [0.1, 0.15) is 10.7 Å². The van der Waals surface area contributed by atoms with Gasteiger partial charge < -0.3 is 5.32 Å². The summed E-state index contributed by atoms with van der Waals surface area (Å²) in [5.74, 6) is -0.247. The van der Waals surface area contributed by atoms with Crippen molar-refractivity contribution in [2.75, 3.05) is 5.32 Å². The maximum atomic E-state index is 12.4. The Kier molecular flexibility index (Phi) is 4.00. The number of ketones is 1. The Labute approximate surface area is 128 Å². The summed E-state index contributed by atoms with van der Waals surface area (Å²) in [6.45, 7) is 7.42. The molecule has 2 heterocycles. The van der Waals surface area contributed by atoms with E-state index in [1.165, 1.54) is 16.0 Å². The standard InChI is InChI=1S/C15H19N3O2S/c1-9-8-11(18(5)17-9)13(20)16-14-10(6-7-21-14)12(19)15(2,3)4/h6-8H,1-5H3,(H,16,20). The van der Waals surface area contributed by atoms with Crippen molar-refractivity contribution < 1.29 is 9.59 Å². The molecule has 6 heteroatoms. The van der Waals surface area contributed by atoms with E-state index in [-0.39, 0.29) is 11.7 Å². The molecule has 1 N–H and O–H groups in total. The van der Waals surface area contributed by atoms with Gasteiger partial charge in [-0.05, 0) is 24.4 Å².